The molecule has 0 N–H and O–H groups in total. The van der Waals surface area contributed by atoms with Crippen LogP contribution in [0.5, 0.6) is 23.0 Å². The van der Waals surface area contributed by atoms with E-state index in [-0.39, 0.29) is 28.6 Å². The summed E-state index contributed by atoms with van der Waals surface area (Å²) >= 11 is 0. The molecular weight excluding hydrogens is 560 g/mol. The average Bonchev–Trinajstić information content (AvgIpc) is 3.00. The number of hydrogen-bond donors (Lipinski definition) is 0. The van der Waals surface area contributed by atoms with Crippen LogP contribution < -0.4 is 18.9 Å². The van der Waals surface area contributed by atoms with Gasteiger partial charge in [-0.05, 0) is 75.1 Å². The molecule has 0 aliphatic rings. The molecule has 0 bridgehead atoms. The number of carbonyl (C=O) groups excluding carboxylic acids is 2. The van der Waals surface area contributed by atoms with Gasteiger partial charge in [-0.1, -0.05) is 39.8 Å². The molecule has 0 amide bonds. The molecule has 0 aromatic heterocycles. The fourth-order valence-electron chi connectivity index (χ4n) is 5.36. The maximum atomic E-state index is 13.5. The van der Waals surface area contributed by atoms with Crippen molar-refractivity contribution in [3.8, 4) is 34.1 Å². The van der Waals surface area contributed by atoms with E-state index < -0.39 is 17.5 Å². The van der Waals surface area contributed by atoms with Crippen molar-refractivity contribution < 1.29 is 38.0 Å². The molecule has 2 atom stereocenters. The van der Waals surface area contributed by atoms with Crippen LogP contribution in [0, 0.1) is 11.3 Å². The molecule has 2 unspecified atom stereocenters. The number of benzene rings is 2. The van der Waals surface area contributed by atoms with Crippen LogP contribution >= 0.6 is 0 Å². The maximum Gasteiger partial charge on any atom is 0.338 e. The Kier molecular flexibility index (Phi) is 12.9. The lowest BCUT2D eigenvalue weighted by molar-refractivity contribution is -0.0151. The van der Waals surface area contributed by atoms with Crippen molar-refractivity contribution in [2.24, 2.45) is 11.3 Å². The molecule has 0 aliphatic heterocycles. The number of allylic oxidation sites excluding steroid dienone is 2. The second-order valence-electron chi connectivity index (χ2n) is 12.1. The number of carbonyl (C=O) groups is 2. The second kappa shape index (κ2) is 15.7. The smallest absolute Gasteiger partial charge is 0.338 e. The fraction of sp³-hybridized carbons (Fsp3) is 0.500. The van der Waals surface area contributed by atoms with Gasteiger partial charge in [0.2, 0.25) is 0 Å². The van der Waals surface area contributed by atoms with E-state index in [0.717, 1.165) is 6.42 Å². The highest BCUT2D eigenvalue weighted by atomic mass is 16.6. The van der Waals surface area contributed by atoms with E-state index in [4.69, 9.17) is 28.4 Å². The minimum atomic E-state index is -0.787. The van der Waals surface area contributed by atoms with E-state index in [1.54, 1.807) is 24.3 Å². The number of rotatable bonds is 17. The molecule has 2 rings (SSSR count). The third kappa shape index (κ3) is 9.04. The fourth-order valence-corrected chi connectivity index (χ4v) is 5.36. The van der Waals surface area contributed by atoms with Crippen LogP contribution in [0.15, 0.2) is 49.6 Å². The van der Waals surface area contributed by atoms with Crippen molar-refractivity contribution >= 4 is 11.9 Å². The summed E-state index contributed by atoms with van der Waals surface area (Å²) in [5, 5.41) is 0. The van der Waals surface area contributed by atoms with Gasteiger partial charge < -0.3 is 28.4 Å². The Labute approximate surface area is 263 Å². The molecule has 0 fully saturated rings. The van der Waals surface area contributed by atoms with E-state index in [9.17, 15) is 9.59 Å². The first-order chi connectivity index (χ1) is 20.7. The summed E-state index contributed by atoms with van der Waals surface area (Å²) in [5.41, 5.74) is 0.344. The highest BCUT2D eigenvalue weighted by molar-refractivity contribution is 5.97. The number of ether oxygens (including phenoxy) is 6. The van der Waals surface area contributed by atoms with Crippen LogP contribution in [0.1, 0.15) is 87.9 Å². The third-order valence-corrected chi connectivity index (χ3v) is 7.67. The molecule has 2 aromatic rings. The molecule has 0 heterocycles. The minimum absolute atomic E-state index is 0.234. The Morgan fingerprint density at radius 1 is 0.773 bits per heavy atom. The van der Waals surface area contributed by atoms with Gasteiger partial charge in [-0.2, -0.15) is 0 Å². The highest BCUT2D eigenvalue weighted by Crippen LogP contribution is 2.47. The van der Waals surface area contributed by atoms with Gasteiger partial charge in [0.25, 0.3) is 0 Å². The first-order valence-corrected chi connectivity index (χ1v) is 15.0. The van der Waals surface area contributed by atoms with Crippen LogP contribution in [-0.4, -0.2) is 52.1 Å². The predicted octanol–water partition coefficient (Wildman–Crippen LogP) is 8.46. The molecule has 0 saturated heterocycles. The highest BCUT2D eigenvalue weighted by Gasteiger charge is 2.32. The van der Waals surface area contributed by atoms with Gasteiger partial charge in [0.05, 0.1) is 39.6 Å². The van der Waals surface area contributed by atoms with Crippen LogP contribution in [0.3, 0.4) is 0 Å². The van der Waals surface area contributed by atoms with Crippen LogP contribution in [0.25, 0.3) is 11.1 Å². The molecule has 0 spiro atoms. The first kappa shape index (κ1) is 36.3. The molecule has 8 heteroatoms. The van der Waals surface area contributed by atoms with Gasteiger partial charge in [0, 0.05) is 11.1 Å². The van der Waals surface area contributed by atoms with Crippen LogP contribution in [-0.2, 0) is 9.47 Å². The zero-order valence-electron chi connectivity index (χ0n) is 28.1. The summed E-state index contributed by atoms with van der Waals surface area (Å²) in [6.45, 7) is 19.7. The van der Waals surface area contributed by atoms with Gasteiger partial charge in [-0.3, -0.25) is 0 Å². The number of methoxy groups -OCH3 is 4. The molecule has 0 saturated carbocycles. The van der Waals surface area contributed by atoms with Gasteiger partial charge in [0.1, 0.15) is 11.7 Å². The van der Waals surface area contributed by atoms with Gasteiger partial charge in [-0.25, -0.2) is 9.59 Å². The van der Waals surface area contributed by atoms with E-state index in [0.29, 0.717) is 53.4 Å². The van der Waals surface area contributed by atoms with Gasteiger partial charge >= 0.3 is 11.9 Å². The molecule has 242 valence electrons. The van der Waals surface area contributed by atoms with Crippen molar-refractivity contribution in [2.45, 2.75) is 78.9 Å². The van der Waals surface area contributed by atoms with Gasteiger partial charge in [0.15, 0.2) is 23.0 Å². The van der Waals surface area contributed by atoms with Crippen LogP contribution in [0.4, 0.5) is 0 Å². The van der Waals surface area contributed by atoms with Crippen molar-refractivity contribution in [2.75, 3.05) is 28.4 Å². The quantitative estimate of drug-likeness (QED) is 0.130. The van der Waals surface area contributed by atoms with E-state index in [1.807, 2.05) is 46.8 Å². The molecule has 2 aromatic carbocycles. The van der Waals surface area contributed by atoms with E-state index in [2.05, 4.69) is 20.1 Å². The molecular formula is C36H50O8. The summed E-state index contributed by atoms with van der Waals surface area (Å²) < 4.78 is 34.7. The topological polar surface area (TPSA) is 89.5 Å². The average molecular weight is 611 g/mol. The van der Waals surface area contributed by atoms with E-state index >= 15 is 0 Å². The lowest BCUT2D eigenvalue weighted by Gasteiger charge is -2.32. The minimum Gasteiger partial charge on any atom is -0.493 e. The second-order valence-corrected chi connectivity index (χ2v) is 12.1. The monoisotopic (exact) mass is 610 g/mol. The van der Waals surface area contributed by atoms with Gasteiger partial charge in [-0.15, -0.1) is 13.2 Å². The third-order valence-electron chi connectivity index (χ3n) is 7.67. The standard InChI is InChI=1S/C36H50O8/c1-13-23(14-2)17-26(15-3)43-33(37)24-18-27(31(41-11)29(20-24)39-9)28-19-25(21-30(40-10)32(28)42-12)34(38)44-36(7,8)22-35(5,6)16-4/h13,16,18-21,23,26H,1,4,14-15,17,22H2,2-3,5-12H3. The molecule has 0 radical (unpaired) electrons. The number of esters is 2. The lowest BCUT2D eigenvalue weighted by atomic mass is 9.82. The summed E-state index contributed by atoms with van der Waals surface area (Å²) in [4.78, 5) is 27.0. The summed E-state index contributed by atoms with van der Waals surface area (Å²) in [6, 6.07) is 6.42. The molecule has 44 heavy (non-hydrogen) atoms. The Bertz CT molecular complexity index is 1320. The number of hydrogen-bond acceptors (Lipinski definition) is 8. The Morgan fingerprint density at radius 2 is 1.27 bits per heavy atom. The van der Waals surface area contributed by atoms with E-state index in [1.165, 1.54) is 28.4 Å². The SMILES string of the molecule is C=CC(CC)CC(CC)OC(=O)c1cc(OC)c(OC)c(-c2cc(C(=O)OC(C)(C)CC(C)(C)C=C)cc(OC)c2OC)c1. The predicted molar refractivity (Wildman–Crippen MR) is 174 cm³/mol. The summed E-state index contributed by atoms with van der Waals surface area (Å²) in [7, 11) is 5.96. The molecule has 8 nitrogen and oxygen atoms in total. The lowest BCUT2D eigenvalue weighted by Crippen LogP contribution is -2.33. The van der Waals surface area contributed by atoms with Crippen molar-refractivity contribution in [1.82, 2.24) is 0 Å². The van der Waals surface area contributed by atoms with Crippen molar-refractivity contribution in [3.63, 3.8) is 0 Å². The molecule has 0 aliphatic carbocycles. The summed E-state index contributed by atoms with van der Waals surface area (Å²) in [5.74, 6) is 0.474. The van der Waals surface area contributed by atoms with Crippen LogP contribution in [0.2, 0.25) is 0 Å². The largest absolute Gasteiger partial charge is 0.493 e. The zero-order chi connectivity index (χ0) is 33.2. The first-order valence-electron chi connectivity index (χ1n) is 15.0. The normalized spacial score (nSPS) is 12.9. The van der Waals surface area contributed by atoms with Crippen molar-refractivity contribution in [3.05, 3.63) is 60.7 Å². The zero-order valence-corrected chi connectivity index (χ0v) is 28.1. The maximum absolute atomic E-state index is 13.5. The Hall–Kier alpha value is -3.94. The summed E-state index contributed by atoms with van der Waals surface area (Å²) in [6.07, 6.45) is 6.26. The Balaban J connectivity index is 2.69. The Morgan fingerprint density at radius 3 is 1.66 bits per heavy atom. The van der Waals surface area contributed by atoms with Crippen molar-refractivity contribution in [1.29, 1.82) is 0 Å².